The summed E-state index contributed by atoms with van der Waals surface area (Å²) >= 11 is 6.22. The molecule has 0 radical (unpaired) electrons. The number of carboxylic acid groups (broad SMARTS) is 1. The van der Waals surface area contributed by atoms with Crippen LogP contribution in [0.4, 0.5) is 0 Å². The third-order valence-electron chi connectivity index (χ3n) is 3.37. The molecule has 0 atom stereocenters. The van der Waals surface area contributed by atoms with E-state index in [0.29, 0.717) is 27.2 Å². The van der Waals surface area contributed by atoms with E-state index in [2.05, 4.69) is 11.2 Å². The van der Waals surface area contributed by atoms with Gasteiger partial charge in [0.15, 0.2) is 0 Å². The number of pyridine rings is 1. The summed E-state index contributed by atoms with van der Waals surface area (Å²) in [4.78, 5) is 10.9. The maximum Gasteiger partial charge on any atom is 0.307 e. The molecule has 0 amide bonds. The number of hydrogen-bond donors (Lipinski definition) is 1. The quantitative estimate of drug-likeness (QED) is 0.806. The standard InChI is InChI=1S/C16H10ClN3O2/c17-13-3-1-2-11(8-18)16(13)10-4-5-20-14(6-10)12(9-19-20)7-15(21)22/h1-6,9H,7H2,(H,21,22). The van der Waals surface area contributed by atoms with Gasteiger partial charge in [-0.05, 0) is 29.8 Å². The van der Waals surface area contributed by atoms with Crippen LogP contribution in [-0.2, 0) is 11.2 Å². The van der Waals surface area contributed by atoms with Crippen LogP contribution in [0.5, 0.6) is 0 Å². The minimum absolute atomic E-state index is 0.111. The van der Waals surface area contributed by atoms with Crippen molar-refractivity contribution in [2.24, 2.45) is 0 Å². The van der Waals surface area contributed by atoms with Gasteiger partial charge in [-0.2, -0.15) is 10.4 Å². The van der Waals surface area contributed by atoms with Gasteiger partial charge >= 0.3 is 5.97 Å². The predicted molar refractivity (Wildman–Crippen MR) is 81.7 cm³/mol. The van der Waals surface area contributed by atoms with E-state index < -0.39 is 5.97 Å². The molecule has 6 heteroatoms. The van der Waals surface area contributed by atoms with E-state index >= 15 is 0 Å². The molecule has 108 valence electrons. The number of benzene rings is 1. The lowest BCUT2D eigenvalue weighted by Crippen LogP contribution is -1.99. The number of aromatic nitrogens is 2. The van der Waals surface area contributed by atoms with Gasteiger partial charge in [-0.25, -0.2) is 4.52 Å². The molecule has 0 unspecified atom stereocenters. The molecule has 2 aromatic heterocycles. The van der Waals surface area contributed by atoms with E-state index in [1.54, 1.807) is 41.0 Å². The van der Waals surface area contributed by atoms with Crippen LogP contribution < -0.4 is 0 Å². The van der Waals surface area contributed by atoms with Gasteiger partial charge in [0.1, 0.15) is 0 Å². The Morgan fingerprint density at radius 1 is 1.41 bits per heavy atom. The van der Waals surface area contributed by atoms with Crippen molar-refractivity contribution < 1.29 is 9.90 Å². The maximum atomic E-state index is 10.9. The smallest absolute Gasteiger partial charge is 0.307 e. The van der Waals surface area contributed by atoms with Gasteiger partial charge in [-0.3, -0.25) is 4.79 Å². The molecule has 0 aliphatic rings. The van der Waals surface area contributed by atoms with Crippen molar-refractivity contribution in [3.05, 3.63) is 58.9 Å². The fourth-order valence-electron chi connectivity index (χ4n) is 2.40. The Hall–Kier alpha value is -2.84. The highest BCUT2D eigenvalue weighted by molar-refractivity contribution is 6.33. The monoisotopic (exact) mass is 311 g/mol. The molecule has 0 fully saturated rings. The number of nitrogens with zero attached hydrogens (tertiary/aromatic N) is 3. The summed E-state index contributed by atoms with van der Waals surface area (Å²) in [6.45, 7) is 0. The zero-order valence-electron chi connectivity index (χ0n) is 11.3. The Kier molecular flexibility index (Phi) is 3.53. The van der Waals surface area contributed by atoms with Crippen LogP contribution in [0.2, 0.25) is 5.02 Å². The highest BCUT2D eigenvalue weighted by Gasteiger charge is 2.13. The lowest BCUT2D eigenvalue weighted by Gasteiger charge is -2.08. The van der Waals surface area contributed by atoms with Crippen LogP contribution in [-0.4, -0.2) is 20.7 Å². The Balaban J connectivity index is 2.21. The topological polar surface area (TPSA) is 78.4 Å². The van der Waals surface area contributed by atoms with Gasteiger partial charge in [-0.1, -0.05) is 17.7 Å². The Bertz CT molecular complexity index is 925. The molecule has 1 N–H and O–H groups in total. The molecule has 5 nitrogen and oxygen atoms in total. The van der Waals surface area contributed by atoms with E-state index in [9.17, 15) is 10.1 Å². The van der Waals surface area contributed by atoms with Gasteiger partial charge < -0.3 is 5.11 Å². The van der Waals surface area contributed by atoms with Crippen molar-refractivity contribution in [3.63, 3.8) is 0 Å². The minimum atomic E-state index is -0.921. The van der Waals surface area contributed by atoms with Crippen LogP contribution in [0.15, 0.2) is 42.7 Å². The maximum absolute atomic E-state index is 10.9. The number of hydrogen-bond acceptors (Lipinski definition) is 3. The Morgan fingerprint density at radius 2 is 2.23 bits per heavy atom. The first-order chi connectivity index (χ1) is 10.6. The summed E-state index contributed by atoms with van der Waals surface area (Å²) < 4.78 is 1.60. The molecule has 3 aromatic rings. The fraction of sp³-hybridized carbons (Fsp3) is 0.0625. The van der Waals surface area contributed by atoms with E-state index in [1.165, 1.54) is 6.20 Å². The van der Waals surface area contributed by atoms with E-state index in [0.717, 1.165) is 5.56 Å². The minimum Gasteiger partial charge on any atom is -0.481 e. The van der Waals surface area contributed by atoms with E-state index in [1.807, 2.05) is 0 Å². The number of nitriles is 1. The number of halogens is 1. The van der Waals surface area contributed by atoms with Crippen molar-refractivity contribution in [1.82, 2.24) is 9.61 Å². The highest BCUT2D eigenvalue weighted by Crippen LogP contribution is 2.32. The van der Waals surface area contributed by atoms with Crippen molar-refractivity contribution in [3.8, 4) is 17.2 Å². The van der Waals surface area contributed by atoms with Gasteiger partial charge in [0.05, 0.1) is 29.8 Å². The summed E-state index contributed by atoms with van der Waals surface area (Å²) in [5.41, 5.74) is 3.15. The zero-order chi connectivity index (χ0) is 15.7. The third-order valence-corrected chi connectivity index (χ3v) is 3.68. The number of carbonyl (C=O) groups is 1. The molecule has 0 saturated heterocycles. The molecule has 0 saturated carbocycles. The van der Waals surface area contributed by atoms with Crippen LogP contribution in [0.1, 0.15) is 11.1 Å². The zero-order valence-corrected chi connectivity index (χ0v) is 12.1. The van der Waals surface area contributed by atoms with Crippen molar-refractivity contribution in [2.75, 3.05) is 0 Å². The fourth-order valence-corrected chi connectivity index (χ4v) is 2.68. The summed E-state index contributed by atoms with van der Waals surface area (Å²) in [5.74, 6) is -0.921. The first-order valence-corrected chi connectivity index (χ1v) is 6.85. The molecular formula is C16H10ClN3O2. The van der Waals surface area contributed by atoms with Crippen molar-refractivity contribution >= 4 is 23.1 Å². The lowest BCUT2D eigenvalue weighted by molar-refractivity contribution is -0.136. The summed E-state index contributed by atoms with van der Waals surface area (Å²) in [5, 5.41) is 22.8. The normalized spacial score (nSPS) is 10.5. The predicted octanol–water partition coefficient (Wildman–Crippen LogP) is 3.15. The molecule has 2 heterocycles. The molecule has 3 rings (SSSR count). The molecule has 0 bridgehead atoms. The SMILES string of the molecule is N#Cc1cccc(Cl)c1-c1ccn2ncc(CC(=O)O)c2c1. The largest absolute Gasteiger partial charge is 0.481 e. The second-order valence-corrected chi connectivity index (χ2v) is 5.17. The van der Waals surface area contributed by atoms with Crippen LogP contribution >= 0.6 is 11.6 Å². The second-order valence-electron chi connectivity index (χ2n) is 4.76. The van der Waals surface area contributed by atoms with Gasteiger partial charge in [0.2, 0.25) is 0 Å². The Morgan fingerprint density at radius 3 is 2.95 bits per heavy atom. The van der Waals surface area contributed by atoms with Crippen LogP contribution in [0, 0.1) is 11.3 Å². The van der Waals surface area contributed by atoms with Gasteiger partial charge in [0.25, 0.3) is 0 Å². The van der Waals surface area contributed by atoms with Crippen molar-refractivity contribution in [1.29, 1.82) is 5.26 Å². The van der Waals surface area contributed by atoms with E-state index in [-0.39, 0.29) is 6.42 Å². The highest BCUT2D eigenvalue weighted by atomic mass is 35.5. The number of rotatable bonds is 3. The average molecular weight is 312 g/mol. The van der Waals surface area contributed by atoms with E-state index in [4.69, 9.17) is 16.7 Å². The van der Waals surface area contributed by atoms with Gasteiger partial charge in [-0.15, -0.1) is 0 Å². The lowest BCUT2D eigenvalue weighted by atomic mass is 10.0. The molecule has 22 heavy (non-hydrogen) atoms. The van der Waals surface area contributed by atoms with Crippen LogP contribution in [0.3, 0.4) is 0 Å². The van der Waals surface area contributed by atoms with Crippen LogP contribution in [0.25, 0.3) is 16.6 Å². The third kappa shape index (κ3) is 2.41. The first kappa shape index (κ1) is 14.1. The summed E-state index contributed by atoms with van der Waals surface area (Å²) in [6.07, 6.45) is 3.14. The van der Waals surface area contributed by atoms with Gasteiger partial charge in [0, 0.05) is 22.3 Å². The van der Waals surface area contributed by atoms with Crippen molar-refractivity contribution in [2.45, 2.75) is 6.42 Å². The molecule has 0 spiro atoms. The second kappa shape index (κ2) is 5.51. The number of aliphatic carboxylic acids is 1. The molecule has 0 aliphatic carbocycles. The summed E-state index contributed by atoms with van der Waals surface area (Å²) in [6, 6.07) is 10.9. The number of carboxylic acids is 1. The molecule has 0 aliphatic heterocycles. The summed E-state index contributed by atoms with van der Waals surface area (Å²) in [7, 11) is 0. The molecular weight excluding hydrogens is 302 g/mol. The Labute approximate surface area is 131 Å². The molecule has 1 aromatic carbocycles. The number of fused-ring (bicyclic) bond motifs is 1. The first-order valence-electron chi connectivity index (χ1n) is 6.47. The average Bonchev–Trinajstić information content (AvgIpc) is 2.88.